The van der Waals surface area contributed by atoms with Crippen molar-refractivity contribution in [3.05, 3.63) is 71.8 Å². The topological polar surface area (TPSA) is 35.8 Å². The molecule has 1 N–H and O–H groups in total. The maximum atomic E-state index is 10.1. The van der Waals surface area contributed by atoms with Crippen molar-refractivity contribution in [3.63, 3.8) is 0 Å². The Morgan fingerprint density at radius 3 is 2.00 bits per heavy atom. The summed E-state index contributed by atoms with van der Waals surface area (Å²) in [5.74, 6) is 0. The lowest BCUT2D eigenvalue weighted by Crippen LogP contribution is -2.36. The first kappa shape index (κ1) is 18.5. The number of rotatable bonds is 5. The minimum atomic E-state index is -0.554. The second kappa shape index (κ2) is 8.87. The lowest BCUT2D eigenvalue weighted by Gasteiger charge is -2.31. The zero-order valence-electron chi connectivity index (χ0n) is 13.9. The van der Waals surface area contributed by atoms with Crippen LogP contribution in [0.25, 0.3) is 0 Å². The first-order valence-electron chi connectivity index (χ1n) is 8.61. The van der Waals surface area contributed by atoms with Crippen molar-refractivity contribution in [1.29, 1.82) is 5.26 Å². The Bertz CT molecular complexity index is 603. The number of halogens is 1. The van der Waals surface area contributed by atoms with Crippen molar-refractivity contribution >= 4 is 12.4 Å². The van der Waals surface area contributed by atoms with Gasteiger partial charge in [0.1, 0.15) is 5.41 Å². The molecule has 0 bridgehead atoms. The fourth-order valence-corrected chi connectivity index (χ4v) is 3.65. The molecule has 0 radical (unpaired) electrons. The fraction of sp³-hybridized carbons (Fsp3) is 0.381. The molecule has 2 aromatic rings. The van der Waals surface area contributed by atoms with E-state index in [1.54, 1.807) is 0 Å². The van der Waals surface area contributed by atoms with Crippen molar-refractivity contribution in [2.24, 2.45) is 0 Å². The molecule has 1 atom stereocenters. The summed E-state index contributed by atoms with van der Waals surface area (Å²) in [5, 5.41) is 13.8. The zero-order chi connectivity index (χ0) is 16.0. The van der Waals surface area contributed by atoms with Crippen LogP contribution >= 0.6 is 12.4 Å². The number of hydrogen-bond donors (Lipinski definition) is 1. The van der Waals surface area contributed by atoms with E-state index in [9.17, 15) is 5.26 Å². The summed E-state index contributed by atoms with van der Waals surface area (Å²) < 4.78 is 0. The Morgan fingerprint density at radius 2 is 1.54 bits per heavy atom. The summed E-state index contributed by atoms with van der Waals surface area (Å²) in [5.41, 5.74) is 1.65. The van der Waals surface area contributed by atoms with Crippen LogP contribution < -0.4 is 5.32 Å². The highest BCUT2D eigenvalue weighted by Crippen LogP contribution is 2.37. The summed E-state index contributed by atoms with van der Waals surface area (Å²) in [4.78, 5) is 0. The van der Waals surface area contributed by atoms with Gasteiger partial charge >= 0.3 is 0 Å². The molecule has 24 heavy (non-hydrogen) atoms. The van der Waals surface area contributed by atoms with Gasteiger partial charge in [0.15, 0.2) is 0 Å². The molecule has 2 aromatic carbocycles. The Morgan fingerprint density at radius 1 is 0.958 bits per heavy atom. The van der Waals surface area contributed by atoms with Crippen LogP contribution in [-0.2, 0) is 5.41 Å². The van der Waals surface area contributed by atoms with Crippen molar-refractivity contribution in [3.8, 4) is 6.07 Å². The monoisotopic (exact) mass is 340 g/mol. The predicted molar refractivity (Wildman–Crippen MR) is 101 cm³/mol. The van der Waals surface area contributed by atoms with Gasteiger partial charge in [-0.15, -0.1) is 12.4 Å². The molecule has 0 saturated carbocycles. The lowest BCUT2D eigenvalue weighted by molar-refractivity contribution is 0.359. The molecule has 1 aliphatic rings. The number of nitrogens with zero attached hydrogens (tertiary/aromatic N) is 1. The van der Waals surface area contributed by atoms with Gasteiger partial charge in [0.25, 0.3) is 0 Å². The fourth-order valence-electron chi connectivity index (χ4n) is 3.65. The van der Waals surface area contributed by atoms with E-state index < -0.39 is 5.41 Å². The van der Waals surface area contributed by atoms with Gasteiger partial charge in [0.05, 0.1) is 6.07 Å². The van der Waals surface area contributed by atoms with Gasteiger partial charge in [-0.3, -0.25) is 0 Å². The second-order valence-electron chi connectivity index (χ2n) is 6.43. The molecular weight excluding hydrogens is 316 g/mol. The van der Waals surface area contributed by atoms with Crippen molar-refractivity contribution < 1.29 is 0 Å². The van der Waals surface area contributed by atoms with Gasteiger partial charge in [0, 0.05) is 6.04 Å². The average molecular weight is 341 g/mol. The quantitative estimate of drug-likeness (QED) is 0.845. The van der Waals surface area contributed by atoms with Gasteiger partial charge in [-0.05, 0) is 43.4 Å². The van der Waals surface area contributed by atoms with E-state index in [1.165, 1.54) is 19.3 Å². The van der Waals surface area contributed by atoms with Crippen LogP contribution in [-0.4, -0.2) is 12.6 Å². The largest absolute Gasteiger partial charge is 0.314 e. The predicted octanol–water partition coefficient (Wildman–Crippen LogP) is 4.84. The number of piperidine rings is 1. The minimum absolute atomic E-state index is 0. The van der Waals surface area contributed by atoms with E-state index in [-0.39, 0.29) is 12.4 Å². The molecule has 1 aliphatic heterocycles. The molecule has 1 heterocycles. The molecule has 1 fully saturated rings. The third-order valence-corrected chi connectivity index (χ3v) is 5.00. The number of benzene rings is 2. The zero-order valence-corrected chi connectivity index (χ0v) is 14.8. The number of nitriles is 1. The molecule has 1 unspecified atom stereocenters. The van der Waals surface area contributed by atoms with Gasteiger partial charge in [-0.25, -0.2) is 0 Å². The second-order valence-corrected chi connectivity index (χ2v) is 6.43. The Labute approximate surface area is 151 Å². The molecule has 3 heteroatoms. The molecule has 0 spiro atoms. The molecule has 1 saturated heterocycles. The van der Waals surface area contributed by atoms with Crippen LogP contribution in [0.15, 0.2) is 60.7 Å². The molecule has 0 aliphatic carbocycles. The summed E-state index contributed by atoms with van der Waals surface area (Å²) in [7, 11) is 0. The third-order valence-electron chi connectivity index (χ3n) is 5.00. The summed E-state index contributed by atoms with van der Waals surface area (Å²) in [6.07, 6.45) is 5.70. The highest BCUT2D eigenvalue weighted by atomic mass is 35.5. The van der Waals surface area contributed by atoms with E-state index in [1.807, 2.05) is 36.4 Å². The van der Waals surface area contributed by atoms with Crippen LogP contribution in [0.1, 0.15) is 43.2 Å². The van der Waals surface area contributed by atoms with Crippen molar-refractivity contribution in [1.82, 2.24) is 5.32 Å². The number of nitrogens with one attached hydrogen (secondary N) is 1. The van der Waals surface area contributed by atoms with E-state index >= 15 is 0 Å². The number of hydrogen-bond acceptors (Lipinski definition) is 2. The molecule has 0 aromatic heterocycles. The summed E-state index contributed by atoms with van der Waals surface area (Å²) in [6, 6.07) is 23.7. The normalized spacial score (nSPS) is 17.5. The standard InChI is InChI=1S/C21H24N2.ClH/c22-17-21(18-9-3-1-4-10-18,19-11-5-2-6-12-19)15-14-20-13-7-8-16-23-20;/h1-6,9-12,20,23H,7-8,13-16H2;1H. The Kier molecular flexibility index (Phi) is 6.85. The smallest absolute Gasteiger partial charge is 0.107 e. The first-order valence-corrected chi connectivity index (χ1v) is 8.61. The van der Waals surface area contributed by atoms with Crippen LogP contribution in [0, 0.1) is 11.3 Å². The van der Waals surface area contributed by atoms with E-state index in [4.69, 9.17) is 0 Å². The van der Waals surface area contributed by atoms with E-state index in [0.29, 0.717) is 6.04 Å². The van der Waals surface area contributed by atoms with Gasteiger partial charge in [0.2, 0.25) is 0 Å². The first-order chi connectivity index (χ1) is 11.3. The average Bonchev–Trinajstić information content (AvgIpc) is 2.65. The van der Waals surface area contributed by atoms with Gasteiger partial charge in [-0.2, -0.15) is 5.26 Å². The van der Waals surface area contributed by atoms with Crippen LogP contribution in [0.3, 0.4) is 0 Å². The van der Waals surface area contributed by atoms with Crippen LogP contribution in [0.4, 0.5) is 0 Å². The highest BCUT2D eigenvalue weighted by Gasteiger charge is 2.34. The minimum Gasteiger partial charge on any atom is -0.314 e. The highest BCUT2D eigenvalue weighted by molar-refractivity contribution is 5.85. The molecular formula is C21H25ClN2. The maximum Gasteiger partial charge on any atom is 0.107 e. The van der Waals surface area contributed by atoms with Crippen molar-refractivity contribution in [2.45, 2.75) is 43.6 Å². The molecule has 2 nitrogen and oxygen atoms in total. The molecule has 0 amide bonds. The molecule has 126 valence electrons. The van der Waals surface area contributed by atoms with Crippen molar-refractivity contribution in [2.75, 3.05) is 6.54 Å². The SMILES string of the molecule is Cl.N#CC(CCC1CCCCN1)(c1ccccc1)c1ccccc1. The van der Waals surface area contributed by atoms with Crippen LogP contribution in [0.5, 0.6) is 0 Å². The van der Waals surface area contributed by atoms with Crippen LogP contribution in [0.2, 0.25) is 0 Å². The maximum absolute atomic E-state index is 10.1. The van der Waals surface area contributed by atoms with Gasteiger partial charge < -0.3 is 5.32 Å². The van der Waals surface area contributed by atoms with Gasteiger partial charge in [-0.1, -0.05) is 67.1 Å². The third kappa shape index (κ3) is 3.98. The lowest BCUT2D eigenvalue weighted by atomic mass is 9.71. The summed E-state index contributed by atoms with van der Waals surface area (Å²) >= 11 is 0. The Balaban J connectivity index is 0.00000208. The molecule has 3 rings (SSSR count). The van der Waals surface area contributed by atoms with E-state index in [0.717, 1.165) is 30.5 Å². The van der Waals surface area contributed by atoms with E-state index in [2.05, 4.69) is 35.7 Å². The summed E-state index contributed by atoms with van der Waals surface area (Å²) in [6.45, 7) is 1.11. The Hall–Kier alpha value is -1.82.